The van der Waals surface area contributed by atoms with E-state index in [-0.39, 0.29) is 11.8 Å². The molecular formula is C15H19FN2O2. The number of nitrogens with one attached hydrogen (secondary N) is 1. The van der Waals surface area contributed by atoms with Crippen LogP contribution in [0.1, 0.15) is 35.5 Å². The number of phenolic OH excluding ortho intramolecular Hbond substituents is 1. The van der Waals surface area contributed by atoms with E-state index in [1.165, 1.54) is 12.1 Å². The Morgan fingerprint density at radius 3 is 2.75 bits per heavy atom. The molecule has 0 radical (unpaired) electrons. The molecule has 5 heteroatoms. The predicted octanol–water partition coefficient (Wildman–Crippen LogP) is 3.03. The van der Waals surface area contributed by atoms with Gasteiger partial charge in [-0.2, -0.15) is 0 Å². The predicted molar refractivity (Wildman–Crippen MR) is 74.2 cm³/mol. The standard InChI is InChI=1S/C15H19FN2O2/c1-9(12-4-5-14(16)15(19)8-12)17-7-6-13-10(2)18-20-11(13)3/h4-5,8-9,17,19H,6-7H2,1-3H3. The molecule has 0 amide bonds. The molecule has 1 unspecified atom stereocenters. The third kappa shape index (κ3) is 3.17. The van der Waals surface area contributed by atoms with E-state index in [9.17, 15) is 9.50 Å². The summed E-state index contributed by atoms with van der Waals surface area (Å²) in [5.74, 6) is -0.0741. The van der Waals surface area contributed by atoms with Gasteiger partial charge in [0.05, 0.1) is 5.69 Å². The third-order valence-corrected chi connectivity index (χ3v) is 3.48. The van der Waals surface area contributed by atoms with Crippen LogP contribution in [0.5, 0.6) is 5.75 Å². The van der Waals surface area contributed by atoms with Gasteiger partial charge in [-0.05, 0) is 51.4 Å². The first-order valence-electron chi connectivity index (χ1n) is 6.62. The van der Waals surface area contributed by atoms with Crippen LogP contribution in [0, 0.1) is 19.7 Å². The van der Waals surface area contributed by atoms with Crippen LogP contribution in [0.3, 0.4) is 0 Å². The number of phenols is 1. The lowest BCUT2D eigenvalue weighted by atomic mass is 10.1. The maximum Gasteiger partial charge on any atom is 0.164 e. The van der Waals surface area contributed by atoms with Crippen LogP contribution in [0.2, 0.25) is 0 Å². The number of aryl methyl sites for hydroxylation is 2. The van der Waals surface area contributed by atoms with Crippen molar-refractivity contribution >= 4 is 0 Å². The Balaban J connectivity index is 1.92. The maximum absolute atomic E-state index is 13.0. The fourth-order valence-corrected chi connectivity index (χ4v) is 2.19. The monoisotopic (exact) mass is 278 g/mol. The summed E-state index contributed by atoms with van der Waals surface area (Å²) in [4.78, 5) is 0. The summed E-state index contributed by atoms with van der Waals surface area (Å²) in [5, 5.41) is 16.6. The number of hydrogen-bond acceptors (Lipinski definition) is 4. The van der Waals surface area contributed by atoms with Gasteiger partial charge in [0.15, 0.2) is 11.6 Å². The van der Waals surface area contributed by atoms with E-state index in [1.54, 1.807) is 6.07 Å². The molecule has 0 saturated carbocycles. The molecule has 1 heterocycles. The summed E-state index contributed by atoms with van der Waals surface area (Å²) in [5.41, 5.74) is 2.88. The average Bonchev–Trinajstić information content (AvgIpc) is 2.73. The van der Waals surface area contributed by atoms with Crippen molar-refractivity contribution in [3.05, 3.63) is 46.6 Å². The molecule has 1 aromatic carbocycles. The van der Waals surface area contributed by atoms with E-state index in [2.05, 4.69) is 10.5 Å². The van der Waals surface area contributed by atoms with Crippen molar-refractivity contribution in [2.45, 2.75) is 33.2 Å². The number of nitrogens with zero attached hydrogens (tertiary/aromatic N) is 1. The molecule has 1 atom stereocenters. The summed E-state index contributed by atoms with van der Waals surface area (Å²) in [7, 11) is 0. The van der Waals surface area contributed by atoms with Crippen molar-refractivity contribution in [3.63, 3.8) is 0 Å². The number of hydrogen-bond donors (Lipinski definition) is 2. The fourth-order valence-electron chi connectivity index (χ4n) is 2.19. The summed E-state index contributed by atoms with van der Waals surface area (Å²) < 4.78 is 18.1. The number of rotatable bonds is 5. The Bertz CT molecular complexity index is 576. The molecule has 0 bridgehead atoms. The van der Waals surface area contributed by atoms with Gasteiger partial charge in [-0.1, -0.05) is 11.2 Å². The van der Waals surface area contributed by atoms with E-state index in [4.69, 9.17) is 4.52 Å². The molecular weight excluding hydrogens is 259 g/mol. The minimum atomic E-state index is -0.600. The zero-order valence-electron chi connectivity index (χ0n) is 11.9. The molecule has 0 aliphatic heterocycles. The second-order valence-electron chi connectivity index (χ2n) is 4.94. The van der Waals surface area contributed by atoms with Crippen molar-refractivity contribution in [1.82, 2.24) is 10.5 Å². The van der Waals surface area contributed by atoms with Crippen LogP contribution in [-0.4, -0.2) is 16.8 Å². The fraction of sp³-hybridized carbons (Fsp3) is 0.400. The van der Waals surface area contributed by atoms with E-state index in [0.717, 1.165) is 35.5 Å². The zero-order valence-corrected chi connectivity index (χ0v) is 11.9. The summed E-state index contributed by atoms with van der Waals surface area (Å²) in [6.45, 7) is 6.55. The number of halogens is 1. The van der Waals surface area contributed by atoms with Crippen LogP contribution in [0.15, 0.2) is 22.7 Å². The molecule has 0 aliphatic carbocycles. The highest BCUT2D eigenvalue weighted by atomic mass is 19.1. The van der Waals surface area contributed by atoms with Crippen LogP contribution < -0.4 is 5.32 Å². The van der Waals surface area contributed by atoms with Gasteiger partial charge in [0.2, 0.25) is 0 Å². The molecule has 2 aromatic rings. The van der Waals surface area contributed by atoms with Gasteiger partial charge < -0.3 is 14.9 Å². The van der Waals surface area contributed by atoms with Crippen LogP contribution in [0.4, 0.5) is 4.39 Å². The van der Waals surface area contributed by atoms with Crippen molar-refractivity contribution in [2.24, 2.45) is 0 Å². The highest BCUT2D eigenvalue weighted by molar-refractivity contribution is 5.30. The average molecular weight is 278 g/mol. The van der Waals surface area contributed by atoms with E-state index >= 15 is 0 Å². The number of aromatic nitrogens is 1. The largest absolute Gasteiger partial charge is 0.505 e. The molecule has 2 rings (SSSR count). The first-order chi connectivity index (χ1) is 9.49. The normalized spacial score (nSPS) is 12.6. The van der Waals surface area contributed by atoms with Gasteiger partial charge in [0.25, 0.3) is 0 Å². The van der Waals surface area contributed by atoms with Gasteiger partial charge in [-0.15, -0.1) is 0 Å². The van der Waals surface area contributed by atoms with Crippen LogP contribution >= 0.6 is 0 Å². The first-order valence-corrected chi connectivity index (χ1v) is 6.62. The molecule has 2 N–H and O–H groups in total. The lowest BCUT2D eigenvalue weighted by Crippen LogP contribution is -2.21. The van der Waals surface area contributed by atoms with Crippen molar-refractivity contribution in [2.75, 3.05) is 6.54 Å². The summed E-state index contributed by atoms with van der Waals surface area (Å²) in [6, 6.07) is 4.42. The maximum atomic E-state index is 13.0. The Morgan fingerprint density at radius 2 is 2.15 bits per heavy atom. The number of benzene rings is 1. The number of aromatic hydroxyl groups is 1. The van der Waals surface area contributed by atoms with Crippen LogP contribution in [-0.2, 0) is 6.42 Å². The quantitative estimate of drug-likeness (QED) is 0.882. The molecule has 20 heavy (non-hydrogen) atoms. The van der Waals surface area contributed by atoms with Gasteiger partial charge >= 0.3 is 0 Å². The molecule has 0 fully saturated rings. The Kier molecular flexibility index (Phi) is 4.39. The second-order valence-corrected chi connectivity index (χ2v) is 4.94. The summed E-state index contributed by atoms with van der Waals surface area (Å²) in [6.07, 6.45) is 0.818. The van der Waals surface area contributed by atoms with Gasteiger partial charge in [0.1, 0.15) is 5.76 Å². The van der Waals surface area contributed by atoms with Gasteiger partial charge in [0, 0.05) is 11.6 Å². The molecule has 0 aliphatic rings. The minimum absolute atomic E-state index is 0.0296. The van der Waals surface area contributed by atoms with Gasteiger partial charge in [-0.25, -0.2) is 4.39 Å². The molecule has 1 aromatic heterocycles. The van der Waals surface area contributed by atoms with Crippen molar-refractivity contribution in [3.8, 4) is 5.75 Å². The lowest BCUT2D eigenvalue weighted by Gasteiger charge is -2.14. The van der Waals surface area contributed by atoms with Gasteiger partial charge in [-0.3, -0.25) is 0 Å². The zero-order chi connectivity index (χ0) is 14.7. The van der Waals surface area contributed by atoms with E-state index in [1.807, 2.05) is 20.8 Å². The third-order valence-electron chi connectivity index (χ3n) is 3.48. The second kappa shape index (κ2) is 6.05. The first kappa shape index (κ1) is 14.5. The molecule has 0 spiro atoms. The SMILES string of the molecule is Cc1noc(C)c1CCNC(C)c1ccc(F)c(O)c1. The van der Waals surface area contributed by atoms with Crippen molar-refractivity contribution in [1.29, 1.82) is 0 Å². The minimum Gasteiger partial charge on any atom is -0.505 e. The molecule has 108 valence electrons. The van der Waals surface area contributed by atoms with Crippen LogP contribution in [0.25, 0.3) is 0 Å². The molecule has 0 saturated heterocycles. The van der Waals surface area contributed by atoms with E-state index in [0.29, 0.717) is 0 Å². The molecule has 4 nitrogen and oxygen atoms in total. The topological polar surface area (TPSA) is 58.3 Å². The van der Waals surface area contributed by atoms with Crippen molar-refractivity contribution < 1.29 is 14.0 Å². The Morgan fingerprint density at radius 1 is 1.40 bits per heavy atom. The van der Waals surface area contributed by atoms with E-state index < -0.39 is 5.82 Å². The lowest BCUT2D eigenvalue weighted by molar-refractivity contribution is 0.392. The highest BCUT2D eigenvalue weighted by Crippen LogP contribution is 2.21. The smallest absolute Gasteiger partial charge is 0.164 e. The Hall–Kier alpha value is -1.88. The summed E-state index contributed by atoms with van der Waals surface area (Å²) >= 11 is 0. The highest BCUT2D eigenvalue weighted by Gasteiger charge is 2.11. The Labute approximate surface area is 117 Å².